The molecule has 2 aromatic rings. The van der Waals surface area contributed by atoms with Crippen LogP contribution in [0.2, 0.25) is 0 Å². The Labute approximate surface area is 138 Å². The largest absolute Gasteiger partial charge is 0.308 e. The number of sulfonamides is 1. The second-order valence-corrected chi connectivity index (χ2v) is 8.83. The molecule has 1 aromatic heterocycles. The molecule has 0 atom stereocenters. The van der Waals surface area contributed by atoms with E-state index in [0.717, 1.165) is 16.6 Å². The average Bonchev–Trinajstić information content (AvgIpc) is 2.85. The molecule has 7 heteroatoms. The molecule has 0 bridgehead atoms. The summed E-state index contributed by atoms with van der Waals surface area (Å²) in [6.45, 7) is 1.51. The zero-order valence-corrected chi connectivity index (χ0v) is 15.1. The maximum atomic E-state index is 12.0. The second kappa shape index (κ2) is 7.02. The average molecular weight is 389 g/mol. The van der Waals surface area contributed by atoms with Gasteiger partial charge in [0.15, 0.2) is 0 Å². The van der Waals surface area contributed by atoms with Gasteiger partial charge >= 0.3 is 0 Å². The number of thiophene rings is 1. The molecule has 0 amide bonds. The normalized spacial score (nSPS) is 12.0. The van der Waals surface area contributed by atoms with E-state index in [1.54, 1.807) is 23.5 Å². The number of hydrogen-bond donors (Lipinski definition) is 1. The summed E-state index contributed by atoms with van der Waals surface area (Å²) in [5.74, 6) is 0. The molecule has 0 saturated carbocycles. The molecule has 2 rings (SSSR count). The monoisotopic (exact) mass is 388 g/mol. The molecule has 1 aromatic carbocycles. The molecule has 1 N–H and O–H groups in total. The van der Waals surface area contributed by atoms with Gasteiger partial charge in [-0.3, -0.25) is 0 Å². The van der Waals surface area contributed by atoms with Crippen LogP contribution in [-0.2, 0) is 23.1 Å². The lowest BCUT2D eigenvalue weighted by Crippen LogP contribution is -2.22. The van der Waals surface area contributed by atoms with Gasteiger partial charge in [-0.05, 0) is 39.7 Å². The van der Waals surface area contributed by atoms with Crippen LogP contribution in [0.5, 0.6) is 0 Å². The van der Waals surface area contributed by atoms with E-state index in [9.17, 15) is 8.42 Å². The molecule has 21 heavy (non-hydrogen) atoms. The summed E-state index contributed by atoms with van der Waals surface area (Å²) in [6, 6.07) is 9.06. The summed E-state index contributed by atoms with van der Waals surface area (Å²) in [5.41, 5.74) is 1.06. The number of halogens is 1. The van der Waals surface area contributed by atoms with Crippen molar-refractivity contribution >= 4 is 37.3 Å². The molecule has 0 fully saturated rings. The predicted molar refractivity (Wildman–Crippen MR) is 89.9 cm³/mol. The van der Waals surface area contributed by atoms with E-state index >= 15 is 0 Å². The van der Waals surface area contributed by atoms with Crippen molar-refractivity contribution in [3.8, 4) is 0 Å². The zero-order chi connectivity index (χ0) is 15.5. The van der Waals surface area contributed by atoms with Crippen LogP contribution in [0, 0.1) is 0 Å². The van der Waals surface area contributed by atoms with Crippen LogP contribution in [0.1, 0.15) is 10.4 Å². The maximum Gasteiger partial charge on any atom is 0.242 e. The lowest BCUT2D eigenvalue weighted by molar-refractivity contribution is 0.520. The number of rotatable bonds is 6. The Balaban J connectivity index is 1.94. The van der Waals surface area contributed by atoms with Gasteiger partial charge in [0.1, 0.15) is 0 Å². The van der Waals surface area contributed by atoms with Crippen molar-refractivity contribution < 1.29 is 8.42 Å². The Bertz CT molecular complexity index is 694. The number of nitrogens with zero attached hydrogens (tertiary/aromatic N) is 1. The Morgan fingerprint density at radius 2 is 1.86 bits per heavy atom. The number of benzene rings is 1. The van der Waals surface area contributed by atoms with Crippen LogP contribution in [0.4, 0.5) is 0 Å². The van der Waals surface area contributed by atoms with Gasteiger partial charge in [-0.25, -0.2) is 12.7 Å². The Hall–Kier alpha value is -0.730. The van der Waals surface area contributed by atoms with E-state index < -0.39 is 10.0 Å². The van der Waals surface area contributed by atoms with Crippen LogP contribution in [0.3, 0.4) is 0 Å². The minimum Gasteiger partial charge on any atom is -0.308 e. The predicted octanol–water partition coefficient (Wildman–Crippen LogP) is 3.05. The third kappa shape index (κ3) is 4.37. The van der Waals surface area contributed by atoms with E-state index in [-0.39, 0.29) is 0 Å². The summed E-state index contributed by atoms with van der Waals surface area (Å²) in [5, 5.41) is 5.40. The summed E-state index contributed by atoms with van der Waals surface area (Å²) in [4.78, 5) is 1.58. The lowest BCUT2D eigenvalue weighted by Gasteiger charge is -2.11. The van der Waals surface area contributed by atoms with E-state index in [1.807, 2.05) is 12.1 Å². The van der Waals surface area contributed by atoms with E-state index in [1.165, 1.54) is 23.3 Å². The van der Waals surface area contributed by atoms with Gasteiger partial charge in [0.2, 0.25) is 10.0 Å². The Kier molecular flexibility index (Phi) is 5.56. The first-order chi connectivity index (χ1) is 9.89. The summed E-state index contributed by atoms with van der Waals surface area (Å²) >= 11 is 5.13. The molecule has 114 valence electrons. The molecule has 0 radical (unpaired) electrons. The SMILES string of the molecule is CN(C)S(=O)(=O)c1ccc(CNCc2cc(Br)cs2)cc1. The minimum atomic E-state index is -3.35. The van der Waals surface area contributed by atoms with Crippen LogP contribution < -0.4 is 5.32 Å². The van der Waals surface area contributed by atoms with E-state index in [4.69, 9.17) is 0 Å². The van der Waals surface area contributed by atoms with E-state index in [0.29, 0.717) is 11.4 Å². The smallest absolute Gasteiger partial charge is 0.242 e. The second-order valence-electron chi connectivity index (χ2n) is 4.77. The summed E-state index contributed by atoms with van der Waals surface area (Å²) < 4.78 is 26.2. The van der Waals surface area contributed by atoms with Gasteiger partial charge in [-0.1, -0.05) is 12.1 Å². The van der Waals surface area contributed by atoms with Crippen LogP contribution in [0.25, 0.3) is 0 Å². The first-order valence-electron chi connectivity index (χ1n) is 6.34. The molecule has 0 aliphatic rings. The van der Waals surface area contributed by atoms with Crippen LogP contribution >= 0.6 is 27.3 Å². The van der Waals surface area contributed by atoms with Crippen molar-refractivity contribution in [2.75, 3.05) is 14.1 Å². The van der Waals surface area contributed by atoms with Gasteiger partial charge in [-0.15, -0.1) is 11.3 Å². The Morgan fingerprint density at radius 1 is 1.19 bits per heavy atom. The van der Waals surface area contributed by atoms with Crippen molar-refractivity contribution in [2.24, 2.45) is 0 Å². The maximum absolute atomic E-state index is 12.0. The van der Waals surface area contributed by atoms with Crippen molar-refractivity contribution in [3.05, 3.63) is 50.6 Å². The van der Waals surface area contributed by atoms with Gasteiger partial charge in [0.05, 0.1) is 4.90 Å². The lowest BCUT2D eigenvalue weighted by atomic mass is 10.2. The van der Waals surface area contributed by atoms with Crippen molar-refractivity contribution in [2.45, 2.75) is 18.0 Å². The van der Waals surface area contributed by atoms with Crippen molar-refractivity contribution in [1.29, 1.82) is 0 Å². The van der Waals surface area contributed by atoms with E-state index in [2.05, 4.69) is 32.7 Å². The van der Waals surface area contributed by atoms with Gasteiger partial charge in [-0.2, -0.15) is 0 Å². The topological polar surface area (TPSA) is 49.4 Å². The third-order valence-corrected chi connectivity index (χ3v) is 6.48. The fourth-order valence-electron chi connectivity index (χ4n) is 1.77. The first kappa shape index (κ1) is 16.6. The third-order valence-electron chi connectivity index (χ3n) is 2.95. The number of hydrogen-bond acceptors (Lipinski definition) is 4. The standard InChI is InChI=1S/C14H17BrN2O2S2/c1-17(2)21(18,19)14-5-3-11(4-6-14)8-16-9-13-7-12(15)10-20-13/h3-7,10,16H,8-9H2,1-2H3. The summed E-state index contributed by atoms with van der Waals surface area (Å²) in [6.07, 6.45) is 0. The highest BCUT2D eigenvalue weighted by Gasteiger charge is 2.16. The molecule has 1 heterocycles. The highest BCUT2D eigenvalue weighted by molar-refractivity contribution is 9.10. The fourth-order valence-corrected chi connectivity index (χ4v) is 4.09. The molecule has 0 aliphatic heterocycles. The highest BCUT2D eigenvalue weighted by Crippen LogP contribution is 2.19. The fraction of sp³-hybridized carbons (Fsp3) is 0.286. The minimum absolute atomic E-state index is 0.318. The molecule has 4 nitrogen and oxygen atoms in total. The van der Waals surface area contributed by atoms with Gasteiger partial charge in [0, 0.05) is 41.9 Å². The quantitative estimate of drug-likeness (QED) is 0.826. The zero-order valence-electron chi connectivity index (χ0n) is 11.8. The van der Waals surface area contributed by atoms with Crippen molar-refractivity contribution in [3.63, 3.8) is 0 Å². The molecule has 0 aliphatic carbocycles. The highest BCUT2D eigenvalue weighted by atomic mass is 79.9. The summed E-state index contributed by atoms with van der Waals surface area (Å²) in [7, 11) is -0.282. The number of nitrogens with one attached hydrogen (secondary N) is 1. The molecular formula is C14H17BrN2O2S2. The van der Waals surface area contributed by atoms with Crippen LogP contribution in [-0.4, -0.2) is 26.8 Å². The van der Waals surface area contributed by atoms with Crippen LogP contribution in [0.15, 0.2) is 45.1 Å². The molecule has 0 unspecified atom stereocenters. The van der Waals surface area contributed by atoms with Gasteiger partial charge in [0.25, 0.3) is 0 Å². The molecule has 0 saturated heterocycles. The van der Waals surface area contributed by atoms with Gasteiger partial charge < -0.3 is 5.32 Å². The van der Waals surface area contributed by atoms with Crippen molar-refractivity contribution in [1.82, 2.24) is 9.62 Å². The first-order valence-corrected chi connectivity index (χ1v) is 9.46. The molecular weight excluding hydrogens is 372 g/mol. The molecule has 0 spiro atoms. The Morgan fingerprint density at radius 3 is 2.38 bits per heavy atom.